The lowest BCUT2D eigenvalue weighted by molar-refractivity contribution is -0.00900. The van der Waals surface area contributed by atoms with Gasteiger partial charge in [0.15, 0.2) is 0 Å². The lowest BCUT2D eigenvalue weighted by atomic mass is 9.89. The van der Waals surface area contributed by atoms with Gasteiger partial charge >= 0.3 is 0 Å². The fourth-order valence-corrected chi connectivity index (χ4v) is 2.02. The van der Waals surface area contributed by atoms with Crippen molar-refractivity contribution < 1.29 is 5.11 Å². The van der Waals surface area contributed by atoms with Gasteiger partial charge in [-0.05, 0) is 16.8 Å². The SMILES string of the molecule is OC1(Cc2cccc(-c3nn[nH]n3)c2)CNC1. The molecule has 0 unspecified atom stereocenters. The van der Waals surface area contributed by atoms with Crippen molar-refractivity contribution in [3.63, 3.8) is 0 Å². The third-order valence-electron chi connectivity index (χ3n) is 2.97. The second-order valence-corrected chi connectivity index (χ2v) is 4.44. The van der Waals surface area contributed by atoms with Gasteiger partial charge < -0.3 is 10.4 Å². The highest BCUT2D eigenvalue weighted by Crippen LogP contribution is 2.21. The Balaban J connectivity index is 1.84. The molecule has 0 amide bonds. The van der Waals surface area contributed by atoms with Gasteiger partial charge in [-0.25, -0.2) is 0 Å². The summed E-state index contributed by atoms with van der Waals surface area (Å²) in [6.07, 6.45) is 0.645. The van der Waals surface area contributed by atoms with Crippen LogP contribution in [0.4, 0.5) is 0 Å². The van der Waals surface area contributed by atoms with Gasteiger partial charge in [0.1, 0.15) is 0 Å². The molecule has 3 N–H and O–H groups in total. The van der Waals surface area contributed by atoms with E-state index in [2.05, 4.69) is 25.9 Å². The van der Waals surface area contributed by atoms with Crippen LogP contribution in [0.1, 0.15) is 5.56 Å². The average molecular weight is 231 g/mol. The van der Waals surface area contributed by atoms with Gasteiger partial charge in [-0.3, -0.25) is 0 Å². The minimum absolute atomic E-state index is 0.575. The van der Waals surface area contributed by atoms with Gasteiger partial charge in [-0.15, -0.1) is 10.2 Å². The Morgan fingerprint density at radius 1 is 1.35 bits per heavy atom. The number of H-pyrrole nitrogens is 1. The molecule has 1 saturated heterocycles. The third-order valence-corrected chi connectivity index (χ3v) is 2.97. The first kappa shape index (κ1) is 10.4. The molecule has 3 rings (SSSR count). The molecule has 0 saturated carbocycles. The molecule has 0 aliphatic carbocycles. The normalized spacial score (nSPS) is 17.7. The lowest BCUT2D eigenvalue weighted by Gasteiger charge is -2.37. The molecule has 1 aliphatic rings. The summed E-state index contributed by atoms with van der Waals surface area (Å²) in [5.41, 5.74) is 1.39. The van der Waals surface area contributed by atoms with Crippen LogP contribution in [-0.2, 0) is 6.42 Å². The zero-order chi connectivity index (χ0) is 11.7. The minimum Gasteiger partial charge on any atom is -0.387 e. The molecule has 1 fully saturated rings. The van der Waals surface area contributed by atoms with Gasteiger partial charge in [0.2, 0.25) is 5.82 Å². The molecule has 2 heterocycles. The van der Waals surface area contributed by atoms with Crippen molar-refractivity contribution in [2.75, 3.05) is 13.1 Å². The third kappa shape index (κ3) is 2.04. The Bertz CT molecular complexity index is 506. The van der Waals surface area contributed by atoms with Crippen LogP contribution in [-0.4, -0.2) is 44.4 Å². The van der Waals surface area contributed by atoms with Crippen LogP contribution in [0.25, 0.3) is 11.4 Å². The molecule has 17 heavy (non-hydrogen) atoms. The highest BCUT2D eigenvalue weighted by Gasteiger charge is 2.34. The summed E-state index contributed by atoms with van der Waals surface area (Å²) in [4.78, 5) is 0. The van der Waals surface area contributed by atoms with E-state index in [4.69, 9.17) is 0 Å². The van der Waals surface area contributed by atoms with Gasteiger partial charge in [-0.1, -0.05) is 18.2 Å². The Hall–Kier alpha value is -1.79. The van der Waals surface area contributed by atoms with Crippen molar-refractivity contribution in [2.24, 2.45) is 0 Å². The molecule has 6 heteroatoms. The summed E-state index contributed by atoms with van der Waals surface area (Å²) in [6.45, 7) is 1.30. The van der Waals surface area contributed by atoms with Crippen LogP contribution in [0, 0.1) is 0 Å². The van der Waals surface area contributed by atoms with Gasteiger partial charge in [0.05, 0.1) is 5.60 Å². The molecule has 88 valence electrons. The van der Waals surface area contributed by atoms with E-state index in [1.165, 1.54) is 0 Å². The van der Waals surface area contributed by atoms with E-state index >= 15 is 0 Å². The largest absolute Gasteiger partial charge is 0.387 e. The fourth-order valence-electron chi connectivity index (χ4n) is 2.02. The molecule has 0 spiro atoms. The standard InChI is InChI=1S/C11H13N5O/c17-11(6-12-7-11)5-8-2-1-3-9(4-8)10-13-15-16-14-10/h1-4,12,17H,5-7H2,(H,13,14,15,16). The Kier molecular flexibility index (Phi) is 2.38. The average Bonchev–Trinajstić information content (AvgIpc) is 2.81. The Labute approximate surface area is 98.1 Å². The zero-order valence-electron chi connectivity index (χ0n) is 9.22. The summed E-state index contributed by atoms with van der Waals surface area (Å²) >= 11 is 0. The highest BCUT2D eigenvalue weighted by atomic mass is 16.3. The van der Waals surface area contributed by atoms with Crippen LogP contribution in [0.5, 0.6) is 0 Å². The zero-order valence-corrected chi connectivity index (χ0v) is 9.22. The second-order valence-electron chi connectivity index (χ2n) is 4.44. The molecule has 2 aromatic rings. The smallest absolute Gasteiger partial charge is 0.204 e. The number of aromatic amines is 1. The number of aliphatic hydroxyl groups is 1. The van der Waals surface area contributed by atoms with Crippen LogP contribution in [0.2, 0.25) is 0 Å². The minimum atomic E-state index is -0.601. The maximum absolute atomic E-state index is 10.1. The monoisotopic (exact) mass is 231 g/mol. The van der Waals surface area contributed by atoms with E-state index < -0.39 is 5.60 Å². The quantitative estimate of drug-likeness (QED) is 0.677. The van der Waals surface area contributed by atoms with Crippen LogP contribution in [0.3, 0.4) is 0 Å². The molecule has 1 aliphatic heterocycles. The summed E-state index contributed by atoms with van der Waals surface area (Å²) < 4.78 is 0. The number of hydrogen-bond acceptors (Lipinski definition) is 5. The van der Waals surface area contributed by atoms with E-state index in [1.807, 2.05) is 24.3 Å². The van der Waals surface area contributed by atoms with E-state index in [9.17, 15) is 5.11 Å². The topological polar surface area (TPSA) is 86.7 Å². The lowest BCUT2D eigenvalue weighted by Crippen LogP contribution is -2.60. The number of tetrazole rings is 1. The molecular weight excluding hydrogens is 218 g/mol. The van der Waals surface area contributed by atoms with E-state index in [1.54, 1.807) is 0 Å². The maximum Gasteiger partial charge on any atom is 0.204 e. The van der Waals surface area contributed by atoms with Crippen LogP contribution < -0.4 is 5.32 Å². The first-order chi connectivity index (χ1) is 8.25. The van der Waals surface area contributed by atoms with Gasteiger partial charge in [0, 0.05) is 25.1 Å². The van der Waals surface area contributed by atoms with Crippen molar-refractivity contribution in [3.8, 4) is 11.4 Å². The molecule has 1 aromatic heterocycles. The van der Waals surface area contributed by atoms with Crippen LogP contribution >= 0.6 is 0 Å². The summed E-state index contributed by atoms with van der Waals surface area (Å²) in [6, 6.07) is 7.86. The summed E-state index contributed by atoms with van der Waals surface area (Å²) in [7, 11) is 0. The van der Waals surface area contributed by atoms with Crippen LogP contribution in [0.15, 0.2) is 24.3 Å². The number of aromatic nitrogens is 4. The number of nitrogens with one attached hydrogen (secondary N) is 2. The maximum atomic E-state index is 10.1. The van der Waals surface area contributed by atoms with E-state index in [-0.39, 0.29) is 0 Å². The molecule has 6 nitrogen and oxygen atoms in total. The second kappa shape index (κ2) is 3.90. The first-order valence-electron chi connectivity index (χ1n) is 5.51. The molecule has 1 aromatic carbocycles. The predicted molar refractivity (Wildman–Crippen MR) is 61.1 cm³/mol. The van der Waals surface area contributed by atoms with Crippen molar-refractivity contribution in [1.82, 2.24) is 25.9 Å². The number of benzene rings is 1. The van der Waals surface area contributed by atoms with Crippen molar-refractivity contribution in [3.05, 3.63) is 29.8 Å². The molecular formula is C11H13N5O. The molecule has 0 radical (unpaired) electrons. The Morgan fingerprint density at radius 2 is 2.24 bits per heavy atom. The van der Waals surface area contributed by atoms with E-state index in [0.29, 0.717) is 25.3 Å². The molecule has 0 bridgehead atoms. The predicted octanol–water partition coefficient (Wildman–Crippen LogP) is -0.257. The van der Waals surface area contributed by atoms with Gasteiger partial charge in [-0.2, -0.15) is 5.21 Å². The Morgan fingerprint density at radius 3 is 2.88 bits per heavy atom. The number of β-amino-alcohol motifs (C(OH)–C–C–N with tert-alkyl or cyclic N) is 1. The van der Waals surface area contributed by atoms with Gasteiger partial charge in [0.25, 0.3) is 0 Å². The fraction of sp³-hybridized carbons (Fsp3) is 0.364. The number of hydrogen-bond donors (Lipinski definition) is 3. The van der Waals surface area contributed by atoms with Crippen molar-refractivity contribution in [2.45, 2.75) is 12.0 Å². The van der Waals surface area contributed by atoms with Crippen molar-refractivity contribution in [1.29, 1.82) is 0 Å². The molecule has 0 atom stereocenters. The number of nitrogens with zero attached hydrogens (tertiary/aromatic N) is 3. The van der Waals surface area contributed by atoms with Crippen molar-refractivity contribution >= 4 is 0 Å². The highest BCUT2D eigenvalue weighted by molar-refractivity contribution is 5.55. The summed E-state index contributed by atoms with van der Waals surface area (Å²) in [5, 5.41) is 27.0. The summed E-state index contributed by atoms with van der Waals surface area (Å²) in [5.74, 6) is 0.575. The van der Waals surface area contributed by atoms with E-state index in [0.717, 1.165) is 11.1 Å². The number of rotatable bonds is 3. The first-order valence-corrected chi connectivity index (χ1v) is 5.51.